The van der Waals surface area contributed by atoms with Gasteiger partial charge < -0.3 is 4.42 Å². The van der Waals surface area contributed by atoms with Crippen molar-refractivity contribution >= 4 is 27.6 Å². The van der Waals surface area contributed by atoms with E-state index in [9.17, 15) is 0 Å². The summed E-state index contributed by atoms with van der Waals surface area (Å²) in [5.41, 5.74) is 8.76. The fraction of sp³-hybridized carbons (Fsp3) is 0. The van der Waals surface area contributed by atoms with Gasteiger partial charge in [0.1, 0.15) is 11.2 Å². The third-order valence-corrected chi connectivity index (χ3v) is 9.85. The number of rotatable bonds is 7. The zero-order valence-electron chi connectivity index (χ0n) is 30.3. The van der Waals surface area contributed by atoms with E-state index >= 15 is 0 Å². The normalized spacial score (nSPS) is 11.1. The summed E-state index contributed by atoms with van der Waals surface area (Å²) in [6.07, 6.45) is 0. The molecule has 0 unspecified atom stereocenters. The van der Waals surface area contributed by atoms with E-state index < -0.39 is 0 Å². The van der Waals surface area contributed by atoms with E-state index in [-0.39, 0.29) is 0 Å². The minimum atomic E-state index is 0.477. The predicted octanol–water partition coefficient (Wildman–Crippen LogP) is 12.2. The van der Waals surface area contributed by atoms with Gasteiger partial charge in [-0.15, -0.1) is 0 Å². The van der Waals surface area contributed by atoms with Gasteiger partial charge in [0.15, 0.2) is 40.6 Å². The molecule has 266 valence electrons. The highest BCUT2D eigenvalue weighted by Gasteiger charge is 2.21. The lowest BCUT2D eigenvalue weighted by atomic mass is 10.0. The van der Waals surface area contributed by atoms with Crippen molar-refractivity contribution in [1.82, 2.24) is 29.9 Å². The lowest BCUT2D eigenvalue weighted by Crippen LogP contribution is -2.00. The highest BCUT2D eigenvalue weighted by molar-refractivity contribution is 6.14. The fourth-order valence-electron chi connectivity index (χ4n) is 7.10. The van der Waals surface area contributed by atoms with Crippen molar-refractivity contribution in [2.24, 2.45) is 0 Å². The number of hydrogen-bond donors (Lipinski definition) is 0. The highest BCUT2D eigenvalue weighted by atomic mass is 16.3. The van der Waals surface area contributed by atoms with Crippen LogP contribution in [0.1, 0.15) is 0 Å². The third kappa shape index (κ3) is 6.25. The van der Waals surface area contributed by atoms with Crippen molar-refractivity contribution in [2.75, 3.05) is 0 Å². The van der Waals surface area contributed by atoms with E-state index in [0.717, 1.165) is 55.3 Å². The molecule has 0 saturated heterocycles. The maximum atomic E-state index is 7.63. The van der Waals surface area contributed by atoms with E-state index in [1.165, 1.54) is 0 Å². The molecule has 0 saturated carbocycles. The summed E-state index contributed by atoms with van der Waals surface area (Å²) >= 11 is 0. The molecule has 57 heavy (non-hydrogen) atoms. The molecule has 10 rings (SSSR count). The molecule has 0 amide bonds. The van der Waals surface area contributed by atoms with Gasteiger partial charge in [0.05, 0.1) is 12.1 Å². The second-order valence-corrected chi connectivity index (χ2v) is 13.4. The number of nitrogens with zero attached hydrogens (tertiary/aromatic N) is 7. The summed E-state index contributed by atoms with van der Waals surface area (Å²) in [5, 5.41) is 1.76. The molecule has 3 heterocycles. The van der Waals surface area contributed by atoms with E-state index in [1.54, 1.807) is 0 Å². The molecule has 0 aliphatic rings. The van der Waals surface area contributed by atoms with Crippen molar-refractivity contribution in [3.8, 4) is 79.5 Å². The van der Waals surface area contributed by atoms with Crippen LogP contribution in [0, 0.1) is 6.57 Å². The van der Waals surface area contributed by atoms with Crippen molar-refractivity contribution in [3.05, 3.63) is 187 Å². The smallest absolute Gasteiger partial charge is 0.194 e. The van der Waals surface area contributed by atoms with Gasteiger partial charge in [-0.2, -0.15) is 0 Å². The van der Waals surface area contributed by atoms with Crippen LogP contribution >= 0.6 is 0 Å². The molecule has 8 nitrogen and oxygen atoms in total. The second kappa shape index (κ2) is 14.3. The zero-order chi connectivity index (χ0) is 38.1. The topological polar surface area (TPSA) is 94.8 Å². The summed E-state index contributed by atoms with van der Waals surface area (Å²) in [6, 6.07) is 57.3. The van der Waals surface area contributed by atoms with Crippen LogP contribution in [-0.4, -0.2) is 29.9 Å². The maximum absolute atomic E-state index is 7.63. The Morgan fingerprint density at radius 2 is 0.772 bits per heavy atom. The quantitative estimate of drug-likeness (QED) is 0.151. The summed E-state index contributed by atoms with van der Waals surface area (Å²) in [6.45, 7) is 7.63. The number of para-hydroxylation sites is 2. The van der Waals surface area contributed by atoms with E-state index in [2.05, 4.69) is 4.85 Å². The lowest BCUT2D eigenvalue weighted by molar-refractivity contribution is 0.669. The lowest BCUT2D eigenvalue weighted by Gasteiger charge is -2.10. The van der Waals surface area contributed by atoms with Crippen LogP contribution < -0.4 is 0 Å². The standard InChI is InChI=1S/C49H29N7O/c1-50-40-25-12-11-21-36(40)31-27-29-35(30-28-31)47-52-46(34-19-9-4-10-20-34)55-49(56-47)39-24-13-22-37-42-38(23-14-26-41(42)57-43(37)39)48-53-44(32-15-5-2-6-16-32)51-45(54-48)33-17-7-3-8-18-33/h2-30H. The SMILES string of the molecule is [C-]#[N+]c1ccccc1-c1ccc(-c2nc(-c3ccccc3)nc(-c3cccc4c3oc3cccc(-c5nc(-c6ccccc6)nc(-c6ccccc6)n5)c34)n2)cc1. The van der Waals surface area contributed by atoms with Crippen LogP contribution in [0.3, 0.4) is 0 Å². The molecular weight excluding hydrogens is 703 g/mol. The highest BCUT2D eigenvalue weighted by Crippen LogP contribution is 2.40. The Bertz CT molecular complexity index is 3060. The largest absolute Gasteiger partial charge is 0.455 e. The van der Waals surface area contributed by atoms with Gasteiger partial charge in [-0.3, -0.25) is 0 Å². The average molecular weight is 732 g/mol. The average Bonchev–Trinajstić information content (AvgIpc) is 3.69. The number of aromatic nitrogens is 6. The predicted molar refractivity (Wildman–Crippen MR) is 225 cm³/mol. The van der Waals surface area contributed by atoms with Gasteiger partial charge in [-0.25, -0.2) is 34.7 Å². The minimum Gasteiger partial charge on any atom is -0.455 e. The first-order valence-corrected chi connectivity index (χ1v) is 18.4. The third-order valence-electron chi connectivity index (χ3n) is 9.85. The first-order chi connectivity index (χ1) is 28.2. The summed E-state index contributed by atoms with van der Waals surface area (Å²) in [4.78, 5) is 33.7. The Morgan fingerprint density at radius 1 is 0.351 bits per heavy atom. The molecule has 0 bridgehead atoms. The molecule has 0 fully saturated rings. The molecule has 0 aliphatic carbocycles. The molecule has 0 spiro atoms. The van der Waals surface area contributed by atoms with Crippen LogP contribution in [0.15, 0.2) is 180 Å². The van der Waals surface area contributed by atoms with Crippen molar-refractivity contribution < 1.29 is 4.42 Å². The number of benzene rings is 7. The number of furan rings is 1. The van der Waals surface area contributed by atoms with Crippen molar-refractivity contribution in [3.63, 3.8) is 0 Å². The molecule has 10 aromatic rings. The van der Waals surface area contributed by atoms with E-state index in [4.69, 9.17) is 40.9 Å². The monoisotopic (exact) mass is 731 g/mol. The molecule has 0 aliphatic heterocycles. The molecule has 8 heteroatoms. The number of fused-ring (bicyclic) bond motifs is 3. The van der Waals surface area contributed by atoms with Gasteiger partial charge in [0.2, 0.25) is 0 Å². The maximum Gasteiger partial charge on any atom is 0.194 e. The van der Waals surface area contributed by atoms with Crippen molar-refractivity contribution in [2.45, 2.75) is 0 Å². The Morgan fingerprint density at radius 3 is 1.33 bits per heavy atom. The molecule has 7 aromatic carbocycles. The van der Waals surface area contributed by atoms with Crippen molar-refractivity contribution in [1.29, 1.82) is 0 Å². The zero-order valence-corrected chi connectivity index (χ0v) is 30.3. The summed E-state index contributed by atoms with van der Waals surface area (Å²) in [7, 11) is 0. The van der Waals surface area contributed by atoms with Crippen LogP contribution in [0.5, 0.6) is 0 Å². The Labute approximate surface area is 327 Å². The molecule has 0 N–H and O–H groups in total. The Kier molecular flexibility index (Phi) is 8.36. The Hall–Kier alpha value is -8.15. The molecule has 0 atom stereocenters. The number of hydrogen-bond acceptors (Lipinski definition) is 7. The van der Waals surface area contributed by atoms with Gasteiger partial charge in [-0.1, -0.05) is 164 Å². The van der Waals surface area contributed by atoms with E-state index in [0.29, 0.717) is 51.8 Å². The van der Waals surface area contributed by atoms with Gasteiger partial charge in [0.25, 0.3) is 0 Å². The van der Waals surface area contributed by atoms with Crippen LogP contribution in [0.2, 0.25) is 0 Å². The first kappa shape index (κ1) is 33.4. The fourth-order valence-corrected chi connectivity index (χ4v) is 7.10. The van der Waals surface area contributed by atoms with Crippen LogP contribution in [0.25, 0.3) is 106 Å². The first-order valence-electron chi connectivity index (χ1n) is 18.4. The van der Waals surface area contributed by atoms with Gasteiger partial charge in [0, 0.05) is 38.6 Å². The molecule has 3 aromatic heterocycles. The summed E-state index contributed by atoms with van der Waals surface area (Å²) in [5.74, 6) is 3.24. The molecule has 0 radical (unpaired) electrons. The Balaban J connectivity index is 1.14. The summed E-state index contributed by atoms with van der Waals surface area (Å²) < 4.78 is 6.71. The van der Waals surface area contributed by atoms with Crippen LogP contribution in [0.4, 0.5) is 5.69 Å². The minimum absolute atomic E-state index is 0.477. The van der Waals surface area contributed by atoms with Crippen LogP contribution in [-0.2, 0) is 0 Å². The second-order valence-electron chi connectivity index (χ2n) is 13.4. The van der Waals surface area contributed by atoms with Gasteiger partial charge >= 0.3 is 0 Å². The van der Waals surface area contributed by atoms with E-state index in [1.807, 2.05) is 176 Å². The molecular formula is C49H29N7O. The van der Waals surface area contributed by atoms with Gasteiger partial charge in [-0.05, 0) is 23.3 Å².